The Morgan fingerprint density at radius 3 is 2.72 bits per heavy atom. The van der Waals surface area contributed by atoms with Gasteiger partial charge >= 0.3 is 0 Å². The monoisotopic (exact) mass is 414 g/mol. The molecule has 0 saturated carbocycles. The molecule has 29 heavy (non-hydrogen) atoms. The average molecular weight is 415 g/mol. The molecule has 0 aliphatic rings. The van der Waals surface area contributed by atoms with Crippen LogP contribution < -0.4 is 10.1 Å². The number of methoxy groups -OCH3 is 1. The van der Waals surface area contributed by atoms with E-state index in [2.05, 4.69) is 29.4 Å². The summed E-state index contributed by atoms with van der Waals surface area (Å²) in [6.45, 7) is 4.75. The van der Waals surface area contributed by atoms with E-state index < -0.39 is 0 Å². The van der Waals surface area contributed by atoms with Crippen LogP contribution in [-0.2, 0) is 11.3 Å². The molecule has 0 bridgehead atoms. The van der Waals surface area contributed by atoms with Crippen LogP contribution in [0, 0.1) is 11.7 Å². The summed E-state index contributed by atoms with van der Waals surface area (Å²) >= 11 is 1.27. The van der Waals surface area contributed by atoms with Crippen molar-refractivity contribution in [3.63, 3.8) is 0 Å². The molecular formula is C21H23FN4O2S. The van der Waals surface area contributed by atoms with E-state index in [0.29, 0.717) is 40.4 Å². The van der Waals surface area contributed by atoms with E-state index in [1.165, 1.54) is 17.8 Å². The summed E-state index contributed by atoms with van der Waals surface area (Å²) in [5.74, 6) is 1.08. The minimum Gasteiger partial charge on any atom is -0.497 e. The van der Waals surface area contributed by atoms with E-state index in [0.717, 1.165) is 0 Å². The predicted molar refractivity (Wildman–Crippen MR) is 113 cm³/mol. The highest BCUT2D eigenvalue weighted by atomic mass is 32.2. The number of benzene rings is 2. The van der Waals surface area contributed by atoms with Gasteiger partial charge in [0, 0.05) is 18.3 Å². The van der Waals surface area contributed by atoms with Gasteiger partial charge in [0.15, 0.2) is 11.0 Å². The van der Waals surface area contributed by atoms with Crippen LogP contribution in [0.1, 0.15) is 13.8 Å². The van der Waals surface area contributed by atoms with E-state index in [1.807, 2.05) is 16.7 Å². The second kappa shape index (κ2) is 9.56. The molecule has 0 unspecified atom stereocenters. The van der Waals surface area contributed by atoms with Crippen LogP contribution in [-0.4, -0.2) is 33.5 Å². The minimum absolute atomic E-state index is 0.157. The molecule has 8 heteroatoms. The number of halogens is 1. The number of hydrogen-bond donors (Lipinski definition) is 1. The summed E-state index contributed by atoms with van der Waals surface area (Å²) in [6.07, 6.45) is 0. The van der Waals surface area contributed by atoms with Crippen LogP contribution in [0.3, 0.4) is 0 Å². The molecule has 0 atom stereocenters. The third-order valence-electron chi connectivity index (χ3n) is 4.07. The maximum Gasteiger partial charge on any atom is 0.234 e. The van der Waals surface area contributed by atoms with Crippen molar-refractivity contribution >= 4 is 23.4 Å². The van der Waals surface area contributed by atoms with Gasteiger partial charge < -0.3 is 14.6 Å². The maximum atomic E-state index is 14.3. The predicted octanol–water partition coefficient (Wildman–Crippen LogP) is 4.48. The van der Waals surface area contributed by atoms with Crippen molar-refractivity contribution in [2.24, 2.45) is 5.92 Å². The van der Waals surface area contributed by atoms with Crippen molar-refractivity contribution in [2.75, 3.05) is 18.2 Å². The van der Waals surface area contributed by atoms with Gasteiger partial charge in [-0.3, -0.25) is 4.79 Å². The number of carbonyl (C=O) groups excluding carboxylic acids is 1. The maximum absolute atomic E-state index is 14.3. The highest BCUT2D eigenvalue weighted by molar-refractivity contribution is 7.99. The lowest BCUT2D eigenvalue weighted by Gasteiger charge is -2.13. The molecule has 1 N–H and O–H groups in total. The molecule has 6 nitrogen and oxygen atoms in total. The topological polar surface area (TPSA) is 69.0 Å². The molecule has 1 aromatic heterocycles. The lowest BCUT2D eigenvalue weighted by Crippen LogP contribution is -2.15. The number of ether oxygens (including phenoxy) is 1. The molecule has 3 rings (SSSR count). The van der Waals surface area contributed by atoms with Crippen molar-refractivity contribution < 1.29 is 13.9 Å². The molecule has 0 fully saturated rings. The Kier molecular flexibility index (Phi) is 6.87. The van der Waals surface area contributed by atoms with Crippen molar-refractivity contribution in [3.05, 3.63) is 54.3 Å². The summed E-state index contributed by atoms with van der Waals surface area (Å²) in [7, 11) is 1.57. The second-order valence-electron chi connectivity index (χ2n) is 6.86. The van der Waals surface area contributed by atoms with Gasteiger partial charge in [0.2, 0.25) is 5.91 Å². The number of hydrogen-bond acceptors (Lipinski definition) is 5. The van der Waals surface area contributed by atoms with Gasteiger partial charge in [-0.15, -0.1) is 10.2 Å². The Balaban J connectivity index is 1.75. The molecule has 3 aromatic rings. The Morgan fingerprint density at radius 2 is 2.00 bits per heavy atom. The van der Waals surface area contributed by atoms with Crippen molar-refractivity contribution in [3.8, 4) is 17.1 Å². The minimum atomic E-state index is -0.350. The van der Waals surface area contributed by atoms with Crippen molar-refractivity contribution in [1.82, 2.24) is 14.8 Å². The fraction of sp³-hybridized carbons (Fsp3) is 0.286. The molecular weight excluding hydrogens is 391 g/mol. The quantitative estimate of drug-likeness (QED) is 0.551. The smallest absolute Gasteiger partial charge is 0.234 e. The molecule has 0 aliphatic heterocycles. The summed E-state index contributed by atoms with van der Waals surface area (Å²) in [5, 5.41) is 11.8. The van der Waals surface area contributed by atoms with Crippen LogP contribution in [0.4, 0.5) is 10.1 Å². The Morgan fingerprint density at radius 1 is 1.21 bits per heavy atom. The first-order chi connectivity index (χ1) is 14.0. The Labute approximate surface area is 173 Å². The van der Waals surface area contributed by atoms with Gasteiger partial charge in [-0.1, -0.05) is 43.8 Å². The number of amides is 1. The first kappa shape index (κ1) is 20.9. The zero-order chi connectivity index (χ0) is 20.8. The summed E-state index contributed by atoms with van der Waals surface area (Å²) < 4.78 is 21.3. The number of carbonyl (C=O) groups is 1. The third-order valence-corrected chi connectivity index (χ3v) is 5.03. The van der Waals surface area contributed by atoms with Gasteiger partial charge in [-0.25, -0.2) is 4.39 Å². The molecule has 0 spiro atoms. The number of nitrogens with one attached hydrogen (secondary N) is 1. The van der Waals surface area contributed by atoms with Crippen LogP contribution >= 0.6 is 11.8 Å². The van der Waals surface area contributed by atoms with E-state index in [4.69, 9.17) is 4.74 Å². The van der Waals surface area contributed by atoms with Crippen LogP contribution in [0.15, 0.2) is 53.7 Å². The Hall–Kier alpha value is -2.87. The van der Waals surface area contributed by atoms with Crippen LogP contribution in [0.5, 0.6) is 5.75 Å². The third kappa shape index (κ3) is 5.35. The molecule has 1 heterocycles. The summed E-state index contributed by atoms with van der Waals surface area (Å²) in [4.78, 5) is 12.4. The van der Waals surface area contributed by atoms with Gasteiger partial charge in [0.05, 0.1) is 18.4 Å². The number of aromatic nitrogens is 3. The fourth-order valence-electron chi connectivity index (χ4n) is 2.80. The molecule has 0 saturated heterocycles. The first-order valence-electron chi connectivity index (χ1n) is 9.22. The molecule has 2 aromatic carbocycles. The van der Waals surface area contributed by atoms with Gasteiger partial charge in [0.1, 0.15) is 11.6 Å². The van der Waals surface area contributed by atoms with Crippen molar-refractivity contribution in [2.45, 2.75) is 25.5 Å². The SMILES string of the molecule is COc1cccc(NC(=O)CSc2nnc(-c3ccccc3F)n2CC(C)C)c1. The lowest BCUT2D eigenvalue weighted by atomic mass is 10.2. The first-order valence-corrected chi connectivity index (χ1v) is 10.2. The standard InChI is InChI=1S/C21H23FN4O2S/c1-14(2)12-26-20(17-9-4-5-10-18(17)22)24-25-21(26)29-13-19(27)23-15-7-6-8-16(11-15)28-3/h4-11,14H,12-13H2,1-3H3,(H,23,27). The number of anilines is 1. The van der Waals surface area contributed by atoms with E-state index in [1.54, 1.807) is 37.4 Å². The van der Waals surface area contributed by atoms with Gasteiger partial charge in [-0.2, -0.15) is 0 Å². The number of nitrogens with zero attached hydrogens (tertiary/aromatic N) is 3. The zero-order valence-electron chi connectivity index (χ0n) is 16.6. The molecule has 152 valence electrons. The Bertz CT molecular complexity index is 990. The second-order valence-corrected chi connectivity index (χ2v) is 7.80. The summed E-state index contributed by atoms with van der Waals surface area (Å²) in [6, 6.07) is 13.6. The summed E-state index contributed by atoms with van der Waals surface area (Å²) in [5.41, 5.74) is 1.05. The largest absolute Gasteiger partial charge is 0.497 e. The van der Waals surface area contributed by atoms with E-state index >= 15 is 0 Å². The van der Waals surface area contributed by atoms with E-state index in [9.17, 15) is 9.18 Å². The highest BCUT2D eigenvalue weighted by Crippen LogP contribution is 2.27. The molecule has 0 aliphatic carbocycles. The fourth-order valence-corrected chi connectivity index (χ4v) is 3.54. The van der Waals surface area contributed by atoms with Crippen LogP contribution in [0.25, 0.3) is 11.4 Å². The average Bonchev–Trinajstić information content (AvgIpc) is 3.08. The van der Waals surface area contributed by atoms with Gasteiger partial charge in [0.25, 0.3) is 0 Å². The van der Waals surface area contributed by atoms with Crippen LogP contribution in [0.2, 0.25) is 0 Å². The number of thioether (sulfide) groups is 1. The molecule has 0 radical (unpaired) electrons. The highest BCUT2D eigenvalue weighted by Gasteiger charge is 2.18. The van der Waals surface area contributed by atoms with Gasteiger partial charge in [-0.05, 0) is 30.2 Å². The normalized spacial score (nSPS) is 10.9. The van der Waals surface area contributed by atoms with Crippen molar-refractivity contribution in [1.29, 1.82) is 0 Å². The zero-order valence-corrected chi connectivity index (χ0v) is 17.4. The number of rotatable bonds is 8. The lowest BCUT2D eigenvalue weighted by molar-refractivity contribution is -0.113. The van der Waals surface area contributed by atoms with E-state index in [-0.39, 0.29) is 17.5 Å². The molecule has 1 amide bonds.